The Bertz CT molecular complexity index is 151. The van der Waals surface area contributed by atoms with Crippen LogP contribution in [0.4, 0.5) is 0 Å². The van der Waals surface area contributed by atoms with Crippen molar-refractivity contribution in [2.45, 2.75) is 0 Å². The Morgan fingerprint density at radius 2 is 2.50 bits per heavy atom. The van der Waals surface area contributed by atoms with Gasteiger partial charge < -0.3 is 4.52 Å². The SMILES string of the molecule is O=P1(O)OC=CCO1. The largest absolute Gasteiger partial charge is 0.527 e. The van der Waals surface area contributed by atoms with E-state index in [1.807, 2.05) is 0 Å². The smallest absolute Gasteiger partial charge is 0.412 e. The van der Waals surface area contributed by atoms with E-state index < -0.39 is 7.82 Å². The molecule has 0 spiro atoms. The molecule has 0 saturated carbocycles. The third-order valence-electron chi connectivity index (χ3n) is 0.624. The van der Waals surface area contributed by atoms with Crippen LogP contribution in [0.25, 0.3) is 0 Å². The summed E-state index contributed by atoms with van der Waals surface area (Å²) in [5.41, 5.74) is 0. The molecule has 0 aromatic rings. The van der Waals surface area contributed by atoms with E-state index in [1.54, 1.807) is 0 Å². The summed E-state index contributed by atoms with van der Waals surface area (Å²) < 4.78 is 18.7. The number of phosphoric acid groups is 1. The Morgan fingerprint density at radius 1 is 1.75 bits per heavy atom. The highest BCUT2D eigenvalue weighted by Gasteiger charge is 2.21. The fourth-order valence-corrected chi connectivity index (χ4v) is 0.902. The lowest BCUT2D eigenvalue weighted by atomic mass is 10.7. The van der Waals surface area contributed by atoms with E-state index in [2.05, 4.69) is 9.05 Å². The molecule has 1 unspecified atom stereocenters. The number of phosphoric ester groups is 1. The second-order valence-corrected chi connectivity index (χ2v) is 2.65. The lowest BCUT2D eigenvalue weighted by Gasteiger charge is -2.11. The second kappa shape index (κ2) is 1.90. The molecule has 0 aromatic carbocycles. The van der Waals surface area contributed by atoms with Gasteiger partial charge in [0.2, 0.25) is 0 Å². The summed E-state index contributed by atoms with van der Waals surface area (Å²) in [5.74, 6) is 0. The van der Waals surface area contributed by atoms with Crippen LogP contribution < -0.4 is 0 Å². The predicted octanol–water partition coefficient (Wildman–Crippen LogP) is 0.647. The van der Waals surface area contributed by atoms with Crippen LogP contribution in [0.2, 0.25) is 0 Å². The van der Waals surface area contributed by atoms with Crippen LogP contribution in [-0.4, -0.2) is 11.5 Å². The molecule has 0 fully saturated rings. The quantitative estimate of drug-likeness (QED) is 0.496. The summed E-state index contributed by atoms with van der Waals surface area (Å²) in [6, 6.07) is 0. The summed E-state index contributed by atoms with van der Waals surface area (Å²) in [7, 11) is -3.67. The van der Waals surface area contributed by atoms with E-state index in [9.17, 15) is 4.57 Å². The normalized spacial score (nSPS) is 36.6. The molecule has 0 aliphatic carbocycles. The monoisotopic (exact) mass is 136 g/mol. The fraction of sp³-hybridized carbons (Fsp3) is 0.333. The first-order valence-electron chi connectivity index (χ1n) is 2.01. The highest BCUT2D eigenvalue weighted by molar-refractivity contribution is 7.47. The van der Waals surface area contributed by atoms with Gasteiger partial charge in [-0.2, -0.15) is 0 Å². The summed E-state index contributed by atoms with van der Waals surface area (Å²) in [6.45, 7) is 0.147. The van der Waals surface area contributed by atoms with Gasteiger partial charge >= 0.3 is 7.82 Å². The van der Waals surface area contributed by atoms with Gasteiger partial charge in [-0.1, -0.05) is 0 Å². The van der Waals surface area contributed by atoms with Gasteiger partial charge in [0, 0.05) is 0 Å². The van der Waals surface area contributed by atoms with Crippen LogP contribution in [0.5, 0.6) is 0 Å². The average molecular weight is 136 g/mol. The zero-order chi connectivity index (χ0) is 6.04. The van der Waals surface area contributed by atoms with E-state index in [0.29, 0.717) is 0 Å². The molecule has 0 bridgehead atoms. The lowest BCUT2D eigenvalue weighted by Crippen LogP contribution is -1.95. The average Bonchev–Trinajstić information content (AvgIpc) is 1.65. The van der Waals surface area contributed by atoms with Crippen molar-refractivity contribution in [3.8, 4) is 0 Å². The first-order valence-corrected chi connectivity index (χ1v) is 3.51. The first kappa shape index (κ1) is 5.82. The highest BCUT2D eigenvalue weighted by Crippen LogP contribution is 2.44. The molecule has 0 amide bonds. The van der Waals surface area contributed by atoms with Gasteiger partial charge in [0.15, 0.2) is 0 Å². The van der Waals surface area contributed by atoms with Crippen molar-refractivity contribution in [2.75, 3.05) is 6.61 Å². The van der Waals surface area contributed by atoms with E-state index in [-0.39, 0.29) is 6.61 Å². The van der Waals surface area contributed by atoms with E-state index in [0.717, 1.165) is 6.26 Å². The topological polar surface area (TPSA) is 55.8 Å². The molecular weight excluding hydrogens is 131 g/mol. The van der Waals surface area contributed by atoms with E-state index in [4.69, 9.17) is 4.89 Å². The van der Waals surface area contributed by atoms with Crippen molar-refractivity contribution in [1.82, 2.24) is 0 Å². The third kappa shape index (κ3) is 1.33. The summed E-state index contributed by atoms with van der Waals surface area (Å²) >= 11 is 0. The van der Waals surface area contributed by atoms with Gasteiger partial charge in [0.05, 0.1) is 12.9 Å². The zero-order valence-corrected chi connectivity index (χ0v) is 4.88. The maximum absolute atomic E-state index is 10.3. The summed E-state index contributed by atoms with van der Waals surface area (Å²) in [4.78, 5) is 8.43. The van der Waals surface area contributed by atoms with Crippen molar-refractivity contribution < 1.29 is 18.5 Å². The molecule has 0 radical (unpaired) electrons. The van der Waals surface area contributed by atoms with Gasteiger partial charge in [-0.3, -0.25) is 9.42 Å². The Balaban J connectivity index is 2.63. The van der Waals surface area contributed by atoms with Gasteiger partial charge in [0.1, 0.15) is 0 Å². The predicted molar refractivity (Wildman–Crippen MR) is 26.0 cm³/mol. The molecule has 1 heterocycles. The van der Waals surface area contributed by atoms with Gasteiger partial charge in [-0.25, -0.2) is 4.57 Å². The van der Waals surface area contributed by atoms with Gasteiger partial charge in [0.25, 0.3) is 0 Å². The summed E-state index contributed by atoms with van der Waals surface area (Å²) in [5, 5.41) is 0. The molecule has 8 heavy (non-hydrogen) atoms. The molecule has 1 N–H and O–H groups in total. The van der Waals surface area contributed by atoms with Crippen molar-refractivity contribution in [1.29, 1.82) is 0 Å². The van der Waals surface area contributed by atoms with Crippen molar-refractivity contribution in [3.05, 3.63) is 12.3 Å². The van der Waals surface area contributed by atoms with Crippen molar-refractivity contribution in [2.24, 2.45) is 0 Å². The molecule has 0 aromatic heterocycles. The minimum absolute atomic E-state index is 0.147. The van der Waals surface area contributed by atoms with Crippen LogP contribution >= 0.6 is 7.82 Å². The van der Waals surface area contributed by atoms with Crippen molar-refractivity contribution >= 4 is 7.82 Å². The van der Waals surface area contributed by atoms with Crippen LogP contribution in [0, 0.1) is 0 Å². The molecular formula is C3H5O4P. The third-order valence-corrected chi connectivity index (χ3v) is 1.49. The lowest BCUT2D eigenvalue weighted by molar-refractivity contribution is 0.189. The zero-order valence-electron chi connectivity index (χ0n) is 3.98. The highest BCUT2D eigenvalue weighted by atomic mass is 31.2. The Labute approximate surface area is 46.3 Å². The van der Waals surface area contributed by atoms with Crippen molar-refractivity contribution in [3.63, 3.8) is 0 Å². The molecule has 1 rings (SSSR count). The molecule has 0 saturated heterocycles. The Hall–Kier alpha value is -0.310. The van der Waals surface area contributed by atoms with Crippen LogP contribution in [-0.2, 0) is 13.6 Å². The molecule has 46 valence electrons. The number of hydrogen-bond donors (Lipinski definition) is 1. The Morgan fingerprint density at radius 3 is 2.75 bits per heavy atom. The minimum atomic E-state index is -3.67. The van der Waals surface area contributed by atoms with Gasteiger partial charge in [-0.15, -0.1) is 0 Å². The molecule has 5 heteroatoms. The second-order valence-electron chi connectivity index (χ2n) is 1.24. The molecule has 4 nitrogen and oxygen atoms in total. The van der Waals surface area contributed by atoms with Crippen LogP contribution in [0.3, 0.4) is 0 Å². The maximum atomic E-state index is 10.3. The van der Waals surface area contributed by atoms with E-state index >= 15 is 0 Å². The number of rotatable bonds is 0. The molecule has 1 aliphatic rings. The summed E-state index contributed by atoms with van der Waals surface area (Å²) in [6.07, 6.45) is 2.66. The van der Waals surface area contributed by atoms with E-state index in [1.165, 1.54) is 6.08 Å². The standard InChI is InChI=1S/C3H5O4P/c4-8(5)6-2-1-3-7-8/h1-2H,3H2,(H,4,5). The number of hydrogen-bond acceptors (Lipinski definition) is 3. The molecule has 1 aliphatic heterocycles. The van der Waals surface area contributed by atoms with Crippen LogP contribution in [0.15, 0.2) is 12.3 Å². The minimum Gasteiger partial charge on any atom is -0.412 e. The Kier molecular flexibility index (Phi) is 1.38. The fourth-order valence-electron chi connectivity index (χ4n) is 0.327. The van der Waals surface area contributed by atoms with Crippen LogP contribution in [0.1, 0.15) is 0 Å². The maximum Gasteiger partial charge on any atom is 0.527 e. The molecule has 1 atom stereocenters. The van der Waals surface area contributed by atoms with Gasteiger partial charge in [-0.05, 0) is 6.08 Å². The first-order chi connectivity index (χ1) is 3.71.